The Morgan fingerprint density at radius 2 is 1.74 bits per heavy atom. The lowest BCUT2D eigenvalue weighted by Crippen LogP contribution is -2.46. The van der Waals surface area contributed by atoms with Gasteiger partial charge in [0.05, 0.1) is 0 Å². The highest BCUT2D eigenvalue weighted by molar-refractivity contribution is 7.99. The molecule has 4 nitrogen and oxygen atoms in total. The Hall–Kier alpha value is -1.98. The summed E-state index contributed by atoms with van der Waals surface area (Å²) >= 11 is 7.50. The molecule has 2 aromatic rings. The van der Waals surface area contributed by atoms with Gasteiger partial charge < -0.3 is 10.2 Å². The van der Waals surface area contributed by atoms with Gasteiger partial charge in [-0.05, 0) is 43.7 Å². The molecule has 1 unspecified atom stereocenters. The number of carbonyl (C=O) groups is 2. The SMILES string of the molecule is CNC(=O)C(C)N(Cc1ccc(C)cc1)C(=O)CCSc1ccc(Cl)cc1. The van der Waals surface area contributed by atoms with Crippen LogP contribution in [0.5, 0.6) is 0 Å². The Morgan fingerprint density at radius 3 is 2.33 bits per heavy atom. The van der Waals surface area contributed by atoms with E-state index in [1.807, 2.05) is 55.5 Å². The number of hydrogen-bond acceptors (Lipinski definition) is 3. The van der Waals surface area contributed by atoms with Crippen LogP contribution in [0.3, 0.4) is 0 Å². The second kappa shape index (κ2) is 10.4. The minimum Gasteiger partial charge on any atom is -0.357 e. The van der Waals surface area contributed by atoms with Crippen molar-refractivity contribution in [1.82, 2.24) is 10.2 Å². The van der Waals surface area contributed by atoms with E-state index < -0.39 is 6.04 Å². The number of likely N-dealkylation sites (N-methyl/N-ethyl adjacent to an activating group) is 1. The van der Waals surface area contributed by atoms with E-state index >= 15 is 0 Å². The van der Waals surface area contributed by atoms with E-state index in [-0.39, 0.29) is 11.8 Å². The number of benzene rings is 2. The Bertz CT molecular complexity index is 763. The van der Waals surface area contributed by atoms with Crippen LogP contribution in [0.1, 0.15) is 24.5 Å². The van der Waals surface area contributed by atoms with Crippen molar-refractivity contribution in [2.45, 2.75) is 37.8 Å². The second-order valence-electron chi connectivity index (χ2n) is 6.35. The van der Waals surface area contributed by atoms with Crippen LogP contribution in [0, 0.1) is 6.92 Å². The van der Waals surface area contributed by atoms with Gasteiger partial charge in [-0.3, -0.25) is 9.59 Å². The molecule has 1 atom stereocenters. The predicted octanol–water partition coefficient (Wildman–Crippen LogP) is 4.29. The van der Waals surface area contributed by atoms with Gasteiger partial charge in [0.2, 0.25) is 11.8 Å². The number of halogens is 1. The summed E-state index contributed by atoms with van der Waals surface area (Å²) in [5.74, 6) is 0.444. The molecule has 0 aliphatic rings. The first-order valence-corrected chi connectivity index (χ1v) is 10.2. The summed E-state index contributed by atoms with van der Waals surface area (Å²) < 4.78 is 0. The molecule has 0 bridgehead atoms. The minimum atomic E-state index is -0.524. The Morgan fingerprint density at radius 1 is 1.11 bits per heavy atom. The molecule has 0 aromatic heterocycles. The van der Waals surface area contributed by atoms with Crippen LogP contribution < -0.4 is 5.32 Å². The van der Waals surface area contributed by atoms with Crippen LogP contribution in [0.25, 0.3) is 0 Å². The van der Waals surface area contributed by atoms with Crippen molar-refractivity contribution in [2.75, 3.05) is 12.8 Å². The fraction of sp³-hybridized carbons (Fsp3) is 0.333. The number of nitrogens with one attached hydrogen (secondary N) is 1. The van der Waals surface area contributed by atoms with Crippen LogP contribution in [0.2, 0.25) is 5.02 Å². The molecule has 0 radical (unpaired) electrons. The largest absolute Gasteiger partial charge is 0.357 e. The lowest BCUT2D eigenvalue weighted by atomic mass is 10.1. The van der Waals surface area contributed by atoms with Gasteiger partial charge in [-0.15, -0.1) is 11.8 Å². The Kier molecular flexibility index (Phi) is 8.20. The molecule has 1 N–H and O–H groups in total. The number of hydrogen-bond donors (Lipinski definition) is 1. The predicted molar refractivity (Wildman–Crippen MR) is 112 cm³/mol. The van der Waals surface area contributed by atoms with Crippen molar-refractivity contribution in [1.29, 1.82) is 0 Å². The van der Waals surface area contributed by atoms with Crippen molar-refractivity contribution >= 4 is 35.2 Å². The standard InChI is InChI=1S/C21H25ClN2O2S/c1-15-4-6-17(7-5-15)14-24(16(2)21(26)23-3)20(25)12-13-27-19-10-8-18(22)9-11-19/h4-11,16H,12-14H2,1-3H3,(H,23,26). The average molecular weight is 405 g/mol. The van der Waals surface area contributed by atoms with Crippen LogP contribution in [0.15, 0.2) is 53.4 Å². The lowest BCUT2D eigenvalue weighted by molar-refractivity contribution is -0.140. The Labute approximate surface area is 170 Å². The van der Waals surface area contributed by atoms with Gasteiger partial charge in [0, 0.05) is 35.7 Å². The molecule has 27 heavy (non-hydrogen) atoms. The minimum absolute atomic E-state index is 0.0341. The van der Waals surface area contributed by atoms with E-state index in [1.165, 1.54) is 0 Å². The molecular formula is C21H25ClN2O2S. The summed E-state index contributed by atoms with van der Waals surface area (Å²) in [5, 5.41) is 3.33. The summed E-state index contributed by atoms with van der Waals surface area (Å²) in [7, 11) is 1.59. The third-order valence-corrected chi connectivity index (χ3v) is 5.55. The lowest BCUT2D eigenvalue weighted by Gasteiger charge is -2.28. The van der Waals surface area contributed by atoms with E-state index in [9.17, 15) is 9.59 Å². The Balaban J connectivity index is 2.02. The van der Waals surface area contributed by atoms with Crippen molar-refractivity contribution in [3.05, 3.63) is 64.7 Å². The third-order valence-electron chi connectivity index (χ3n) is 4.29. The van der Waals surface area contributed by atoms with E-state index in [2.05, 4.69) is 5.32 Å². The number of rotatable bonds is 8. The maximum absolute atomic E-state index is 12.8. The van der Waals surface area contributed by atoms with E-state index in [4.69, 9.17) is 11.6 Å². The molecule has 144 valence electrons. The topological polar surface area (TPSA) is 49.4 Å². The van der Waals surface area contributed by atoms with Crippen LogP contribution in [-0.2, 0) is 16.1 Å². The first-order chi connectivity index (χ1) is 12.9. The van der Waals surface area contributed by atoms with Gasteiger partial charge >= 0.3 is 0 Å². The summed E-state index contributed by atoms with van der Waals surface area (Å²) in [6, 6.07) is 15.0. The normalized spacial score (nSPS) is 11.7. The van der Waals surface area contributed by atoms with Crippen molar-refractivity contribution in [3.8, 4) is 0 Å². The first kappa shape index (κ1) is 21.3. The van der Waals surface area contributed by atoms with Crippen molar-refractivity contribution < 1.29 is 9.59 Å². The molecule has 2 amide bonds. The van der Waals surface area contributed by atoms with Gasteiger partial charge in [0.25, 0.3) is 0 Å². The number of amides is 2. The highest BCUT2D eigenvalue weighted by atomic mass is 35.5. The zero-order chi connectivity index (χ0) is 19.8. The molecule has 0 heterocycles. The first-order valence-electron chi connectivity index (χ1n) is 8.85. The molecule has 2 aromatic carbocycles. The van der Waals surface area contributed by atoms with Crippen molar-refractivity contribution in [3.63, 3.8) is 0 Å². The average Bonchev–Trinajstić information content (AvgIpc) is 2.67. The monoisotopic (exact) mass is 404 g/mol. The maximum Gasteiger partial charge on any atom is 0.242 e. The number of thioether (sulfide) groups is 1. The summed E-state index contributed by atoms with van der Waals surface area (Å²) in [6.07, 6.45) is 0.362. The summed E-state index contributed by atoms with van der Waals surface area (Å²) in [6.45, 7) is 4.20. The van der Waals surface area contributed by atoms with Gasteiger partial charge in [-0.2, -0.15) is 0 Å². The highest BCUT2D eigenvalue weighted by Gasteiger charge is 2.25. The molecule has 0 aliphatic carbocycles. The number of carbonyl (C=O) groups excluding carboxylic acids is 2. The third kappa shape index (κ3) is 6.60. The summed E-state index contributed by atoms with van der Waals surface area (Å²) in [5.41, 5.74) is 2.17. The highest BCUT2D eigenvalue weighted by Crippen LogP contribution is 2.22. The maximum atomic E-state index is 12.8. The number of aryl methyl sites for hydroxylation is 1. The van der Waals surface area contributed by atoms with Crippen LogP contribution in [0.4, 0.5) is 0 Å². The van der Waals surface area contributed by atoms with E-state index in [0.29, 0.717) is 23.7 Å². The van der Waals surface area contributed by atoms with Crippen molar-refractivity contribution in [2.24, 2.45) is 0 Å². The fourth-order valence-corrected chi connectivity index (χ4v) is 3.58. The molecule has 6 heteroatoms. The van der Waals surface area contributed by atoms with E-state index in [1.54, 1.807) is 30.6 Å². The van der Waals surface area contributed by atoms with Crippen LogP contribution >= 0.6 is 23.4 Å². The van der Waals surface area contributed by atoms with Crippen LogP contribution in [-0.4, -0.2) is 35.6 Å². The molecule has 0 aliphatic heterocycles. The zero-order valence-electron chi connectivity index (χ0n) is 15.9. The smallest absolute Gasteiger partial charge is 0.242 e. The second-order valence-corrected chi connectivity index (χ2v) is 7.95. The van der Waals surface area contributed by atoms with E-state index in [0.717, 1.165) is 16.0 Å². The molecule has 0 spiro atoms. The fourth-order valence-electron chi connectivity index (χ4n) is 2.61. The molecular weight excluding hydrogens is 380 g/mol. The number of nitrogens with zero attached hydrogens (tertiary/aromatic N) is 1. The van der Waals surface area contributed by atoms with Gasteiger partial charge in [-0.25, -0.2) is 0 Å². The zero-order valence-corrected chi connectivity index (χ0v) is 17.4. The van der Waals surface area contributed by atoms with Gasteiger partial charge in [0.1, 0.15) is 6.04 Å². The molecule has 2 rings (SSSR count). The molecule has 0 saturated heterocycles. The summed E-state index contributed by atoms with van der Waals surface area (Å²) in [4.78, 5) is 27.6. The molecule has 0 saturated carbocycles. The van der Waals surface area contributed by atoms with Gasteiger partial charge in [0.15, 0.2) is 0 Å². The molecule has 0 fully saturated rings. The van der Waals surface area contributed by atoms with Gasteiger partial charge in [-0.1, -0.05) is 41.4 Å². The quantitative estimate of drug-likeness (QED) is 0.667.